The van der Waals surface area contributed by atoms with Crippen molar-refractivity contribution in [3.8, 4) is 0 Å². The van der Waals surface area contributed by atoms with Crippen molar-refractivity contribution in [3.63, 3.8) is 0 Å². The molecule has 2 bridgehead atoms. The Hall–Kier alpha value is -0.800. The molecule has 0 saturated carbocycles. The van der Waals surface area contributed by atoms with Crippen LogP contribution < -0.4 is 5.32 Å². The second-order valence-electron chi connectivity index (χ2n) is 8.17. The lowest BCUT2D eigenvalue weighted by Gasteiger charge is -2.24. The van der Waals surface area contributed by atoms with Gasteiger partial charge in [0.15, 0.2) is 5.96 Å². The van der Waals surface area contributed by atoms with Crippen molar-refractivity contribution in [1.82, 2.24) is 10.2 Å². The van der Waals surface area contributed by atoms with Crippen molar-refractivity contribution in [2.45, 2.75) is 37.9 Å². The van der Waals surface area contributed by atoms with Gasteiger partial charge >= 0.3 is 0 Å². The van der Waals surface area contributed by atoms with Gasteiger partial charge in [0.1, 0.15) is 5.76 Å². The molecule has 27 heavy (non-hydrogen) atoms. The molecule has 0 spiro atoms. The number of halogens is 1. The molecule has 0 radical (unpaired) electrons. The van der Waals surface area contributed by atoms with Crippen LogP contribution in [0.2, 0.25) is 0 Å². The number of likely N-dealkylation sites (tertiary alicyclic amines) is 1. The van der Waals surface area contributed by atoms with Gasteiger partial charge < -0.3 is 24.1 Å². The molecular formula is C20H30IN3O3. The van der Waals surface area contributed by atoms with Crippen LogP contribution in [-0.2, 0) is 15.9 Å². The second kappa shape index (κ2) is 8.69. The Labute approximate surface area is 178 Å². The van der Waals surface area contributed by atoms with Gasteiger partial charge in [0.2, 0.25) is 0 Å². The molecule has 1 N–H and O–H groups in total. The Morgan fingerprint density at radius 1 is 1.19 bits per heavy atom. The fourth-order valence-corrected chi connectivity index (χ4v) is 5.10. The van der Waals surface area contributed by atoms with Crippen LogP contribution in [0.25, 0.3) is 0 Å². The minimum Gasteiger partial charge on any atom is -0.469 e. The zero-order valence-corrected chi connectivity index (χ0v) is 18.0. The van der Waals surface area contributed by atoms with Crippen LogP contribution in [0.15, 0.2) is 27.8 Å². The van der Waals surface area contributed by atoms with Crippen molar-refractivity contribution < 1.29 is 13.9 Å². The first-order chi connectivity index (χ1) is 12.9. The zero-order chi connectivity index (χ0) is 17.3. The highest BCUT2D eigenvalue weighted by Gasteiger charge is 2.53. The van der Waals surface area contributed by atoms with Crippen LogP contribution in [0.3, 0.4) is 0 Å². The standard InChI is InChI=1S/C20H29N3O3.HI/c1-2-15(25-8-1)5-7-21-20(22-10-14-6-9-24-13-14)23-11-16-17(12-23)19-4-3-18(16)26-19;/h1-2,8,14,16-19H,3-7,9-13H2,(H,21,22);1H. The number of hydrogen-bond donors (Lipinski definition) is 1. The maximum absolute atomic E-state index is 6.12. The minimum absolute atomic E-state index is 0. The molecule has 4 aliphatic heterocycles. The summed E-state index contributed by atoms with van der Waals surface area (Å²) in [6, 6.07) is 3.98. The number of guanidine groups is 1. The largest absolute Gasteiger partial charge is 0.469 e. The van der Waals surface area contributed by atoms with E-state index in [1.807, 2.05) is 12.1 Å². The van der Waals surface area contributed by atoms with Gasteiger partial charge in [0, 0.05) is 57.0 Å². The number of rotatable bonds is 5. The van der Waals surface area contributed by atoms with Gasteiger partial charge in [-0.25, -0.2) is 0 Å². The molecule has 1 aromatic heterocycles. The molecule has 7 heteroatoms. The molecule has 0 amide bonds. The summed E-state index contributed by atoms with van der Waals surface area (Å²) in [5.41, 5.74) is 0. The maximum atomic E-state index is 6.12. The van der Waals surface area contributed by atoms with Crippen molar-refractivity contribution in [1.29, 1.82) is 0 Å². The SMILES string of the molecule is I.c1coc(CCNC(=NCC2CCOC2)N2CC3C4CCC(O4)C3C2)c1. The lowest BCUT2D eigenvalue weighted by atomic mass is 9.82. The first-order valence-corrected chi connectivity index (χ1v) is 10.2. The van der Waals surface area contributed by atoms with Gasteiger partial charge in [-0.3, -0.25) is 4.99 Å². The summed E-state index contributed by atoms with van der Waals surface area (Å²) in [5, 5.41) is 3.60. The Kier molecular flexibility index (Phi) is 6.28. The normalized spacial score (nSPS) is 34.7. The molecule has 5 atom stereocenters. The molecule has 6 nitrogen and oxygen atoms in total. The van der Waals surface area contributed by atoms with Gasteiger partial charge in [-0.2, -0.15) is 0 Å². The maximum Gasteiger partial charge on any atom is 0.193 e. The van der Waals surface area contributed by atoms with Crippen molar-refractivity contribution in [2.75, 3.05) is 39.4 Å². The van der Waals surface area contributed by atoms with Gasteiger partial charge in [-0.1, -0.05) is 0 Å². The van der Waals surface area contributed by atoms with Gasteiger partial charge in [0.05, 0.1) is 25.1 Å². The number of nitrogens with zero attached hydrogens (tertiary/aromatic N) is 2. The molecule has 4 aliphatic rings. The van der Waals surface area contributed by atoms with Gasteiger partial charge in [-0.15, -0.1) is 24.0 Å². The van der Waals surface area contributed by atoms with Crippen LogP contribution in [0, 0.1) is 17.8 Å². The molecule has 1 aromatic rings. The summed E-state index contributed by atoms with van der Waals surface area (Å²) in [7, 11) is 0. The van der Waals surface area contributed by atoms with Gasteiger partial charge in [0.25, 0.3) is 0 Å². The van der Waals surface area contributed by atoms with Gasteiger partial charge in [-0.05, 0) is 31.4 Å². The van der Waals surface area contributed by atoms with E-state index < -0.39 is 0 Å². The third kappa shape index (κ3) is 4.15. The Bertz CT molecular complexity index is 614. The fraction of sp³-hybridized carbons (Fsp3) is 0.750. The third-order valence-electron chi connectivity index (χ3n) is 6.51. The average Bonchev–Trinajstić information content (AvgIpc) is 3.45. The molecule has 5 rings (SSSR count). The first kappa shape index (κ1) is 19.5. The number of hydrogen-bond acceptors (Lipinski definition) is 4. The molecule has 5 heterocycles. The molecule has 150 valence electrons. The van der Waals surface area contributed by atoms with E-state index in [0.717, 1.165) is 64.0 Å². The van der Waals surface area contributed by atoms with E-state index in [1.165, 1.54) is 12.8 Å². The highest BCUT2D eigenvalue weighted by molar-refractivity contribution is 14.0. The molecular weight excluding hydrogens is 457 g/mol. The highest BCUT2D eigenvalue weighted by atomic mass is 127. The number of aliphatic imine (C=N–C) groups is 1. The number of furan rings is 1. The van der Waals surface area contributed by atoms with E-state index in [9.17, 15) is 0 Å². The van der Waals surface area contributed by atoms with Crippen LogP contribution in [0.1, 0.15) is 25.0 Å². The van der Waals surface area contributed by atoms with E-state index in [-0.39, 0.29) is 24.0 Å². The van der Waals surface area contributed by atoms with E-state index in [2.05, 4.69) is 10.2 Å². The van der Waals surface area contributed by atoms with E-state index in [4.69, 9.17) is 18.9 Å². The summed E-state index contributed by atoms with van der Waals surface area (Å²) < 4.78 is 17.1. The summed E-state index contributed by atoms with van der Waals surface area (Å²) in [6.45, 7) is 5.61. The number of ether oxygens (including phenoxy) is 2. The van der Waals surface area contributed by atoms with Crippen LogP contribution in [0.4, 0.5) is 0 Å². The smallest absolute Gasteiger partial charge is 0.193 e. The molecule has 0 aliphatic carbocycles. The van der Waals surface area contributed by atoms with Crippen LogP contribution in [-0.4, -0.2) is 62.5 Å². The molecule has 0 aromatic carbocycles. The Morgan fingerprint density at radius 2 is 2.00 bits per heavy atom. The minimum atomic E-state index is 0. The van der Waals surface area contributed by atoms with E-state index in [0.29, 0.717) is 30.0 Å². The quantitative estimate of drug-likeness (QED) is 0.393. The summed E-state index contributed by atoms with van der Waals surface area (Å²) >= 11 is 0. The third-order valence-corrected chi connectivity index (χ3v) is 6.51. The molecule has 5 unspecified atom stereocenters. The molecule has 4 fully saturated rings. The topological polar surface area (TPSA) is 59.2 Å². The summed E-state index contributed by atoms with van der Waals surface area (Å²) in [5.74, 6) is 4.04. The number of fused-ring (bicyclic) bond motifs is 5. The lowest BCUT2D eigenvalue weighted by Crippen LogP contribution is -2.42. The summed E-state index contributed by atoms with van der Waals surface area (Å²) in [4.78, 5) is 7.46. The predicted octanol–water partition coefficient (Wildman–Crippen LogP) is 2.53. The van der Waals surface area contributed by atoms with Crippen molar-refractivity contribution >= 4 is 29.9 Å². The fourth-order valence-electron chi connectivity index (χ4n) is 5.10. The Morgan fingerprint density at radius 3 is 2.67 bits per heavy atom. The van der Waals surface area contributed by atoms with Crippen molar-refractivity contribution in [3.05, 3.63) is 24.2 Å². The molecule has 4 saturated heterocycles. The number of nitrogens with one attached hydrogen (secondary N) is 1. The van der Waals surface area contributed by atoms with Crippen LogP contribution in [0.5, 0.6) is 0 Å². The van der Waals surface area contributed by atoms with Crippen LogP contribution >= 0.6 is 24.0 Å². The predicted molar refractivity (Wildman–Crippen MR) is 114 cm³/mol. The highest BCUT2D eigenvalue weighted by Crippen LogP contribution is 2.47. The Balaban J connectivity index is 0.00000180. The van der Waals surface area contributed by atoms with E-state index in [1.54, 1.807) is 6.26 Å². The lowest BCUT2D eigenvalue weighted by molar-refractivity contribution is 0.0767. The summed E-state index contributed by atoms with van der Waals surface area (Å²) in [6.07, 6.45) is 7.22. The first-order valence-electron chi connectivity index (χ1n) is 10.2. The second-order valence-corrected chi connectivity index (χ2v) is 8.17. The van der Waals surface area contributed by atoms with Crippen molar-refractivity contribution in [2.24, 2.45) is 22.7 Å². The monoisotopic (exact) mass is 487 g/mol. The zero-order valence-electron chi connectivity index (χ0n) is 15.7. The van der Waals surface area contributed by atoms with E-state index >= 15 is 0 Å². The average molecular weight is 487 g/mol.